The number of hydrogen-bond acceptors (Lipinski definition) is 4. The minimum Gasteiger partial charge on any atom is -0.726 e. The second-order valence-corrected chi connectivity index (χ2v) is 10.7. The average molecular weight is 331 g/mol. The molecule has 0 spiro atoms. The molecule has 0 aliphatic rings. The molecule has 0 aromatic rings. The maximum absolute atomic E-state index is 8.63. The van der Waals surface area contributed by atoms with Crippen LogP contribution in [0.2, 0.25) is 0 Å². The molecule has 126 valence electrons. The van der Waals surface area contributed by atoms with Crippen molar-refractivity contribution in [3.8, 4) is 0 Å². The first-order chi connectivity index (χ1) is 8.68. The Labute approximate surface area is 126 Å². The van der Waals surface area contributed by atoms with Crippen molar-refractivity contribution in [2.24, 2.45) is 0 Å². The fourth-order valence-corrected chi connectivity index (χ4v) is 5.86. The monoisotopic (exact) mass is 331 g/mol. The van der Waals surface area contributed by atoms with Crippen LogP contribution in [0.1, 0.15) is 59.3 Å². The van der Waals surface area contributed by atoms with Crippen LogP contribution in [0.4, 0.5) is 0 Å². The summed E-state index contributed by atoms with van der Waals surface area (Å²) >= 11 is 0. The van der Waals surface area contributed by atoms with E-state index in [1.54, 1.807) is 18.5 Å². The third-order valence-electron chi connectivity index (χ3n) is 3.15. The minimum atomic E-state index is -4.92. The van der Waals surface area contributed by atoms with Gasteiger partial charge in [0.2, 0.25) is 10.4 Å². The van der Waals surface area contributed by atoms with E-state index in [2.05, 4.69) is 27.4 Å². The lowest BCUT2D eigenvalue weighted by Crippen LogP contribution is -2.07. The van der Waals surface area contributed by atoms with Gasteiger partial charge in [0.1, 0.15) is 0 Å². The summed E-state index contributed by atoms with van der Waals surface area (Å²) in [5.74, 6) is 0. The fraction of sp³-hybridized carbons (Fsp3) is 1.00. The predicted molar refractivity (Wildman–Crippen MR) is 89.5 cm³/mol. The molecular weight excluding hydrogens is 297 g/mol. The maximum Gasteiger partial charge on any atom is 0.215 e. The summed E-state index contributed by atoms with van der Waals surface area (Å²) in [6, 6.07) is 0. The van der Waals surface area contributed by atoms with Crippen LogP contribution in [0.3, 0.4) is 0 Å². The highest BCUT2D eigenvalue weighted by atomic mass is 32.3. The average Bonchev–Trinajstić information content (AvgIpc) is 2.30. The van der Waals surface area contributed by atoms with Crippen LogP contribution in [0, 0.1) is 0 Å². The van der Waals surface area contributed by atoms with Crippen molar-refractivity contribution < 1.29 is 17.5 Å². The zero-order chi connectivity index (χ0) is 15.4. The van der Waals surface area contributed by atoms with Crippen LogP contribution in [0.5, 0.6) is 0 Å². The Hall–Kier alpha value is 0.260. The highest BCUT2D eigenvalue weighted by Crippen LogP contribution is 2.57. The van der Waals surface area contributed by atoms with Crippen LogP contribution >= 0.6 is 7.26 Å². The van der Waals surface area contributed by atoms with Crippen molar-refractivity contribution in [2.45, 2.75) is 59.3 Å². The highest BCUT2D eigenvalue weighted by molar-refractivity contribution is 7.79. The summed E-state index contributed by atoms with van der Waals surface area (Å²) < 4.78 is 32.8. The van der Waals surface area contributed by atoms with E-state index in [1.807, 2.05) is 0 Å². The van der Waals surface area contributed by atoms with Crippen LogP contribution < -0.4 is 6.15 Å². The lowest BCUT2D eigenvalue weighted by molar-refractivity contribution is 0.366. The Balaban J connectivity index is -0.000000414. The van der Waals surface area contributed by atoms with Crippen molar-refractivity contribution in [3.05, 3.63) is 0 Å². The topological polar surface area (TPSA) is 112 Å². The van der Waals surface area contributed by atoms with E-state index in [0.717, 1.165) is 0 Å². The molecule has 0 saturated carbocycles. The summed E-state index contributed by atoms with van der Waals surface area (Å²) in [6.07, 6.45) is 13.2. The summed E-state index contributed by atoms with van der Waals surface area (Å²) in [6.45, 7) is 9.59. The van der Waals surface area contributed by atoms with E-state index in [0.29, 0.717) is 0 Å². The fourth-order valence-electron chi connectivity index (χ4n) is 1.95. The normalized spacial score (nSPS) is 11.3. The van der Waals surface area contributed by atoms with Crippen molar-refractivity contribution >= 4 is 17.7 Å². The van der Waals surface area contributed by atoms with E-state index >= 15 is 0 Å². The Kier molecular flexibility index (Phi) is 17.9. The van der Waals surface area contributed by atoms with Gasteiger partial charge in [-0.1, -0.05) is 40.0 Å². The Morgan fingerprint density at radius 1 is 0.900 bits per heavy atom. The lowest BCUT2D eigenvalue weighted by atomic mass is 10.4. The van der Waals surface area contributed by atoms with Gasteiger partial charge < -0.3 is 10.7 Å². The second kappa shape index (κ2) is 14.2. The van der Waals surface area contributed by atoms with E-state index in [-0.39, 0.29) is 6.15 Å². The van der Waals surface area contributed by atoms with E-state index in [4.69, 9.17) is 17.5 Å². The third-order valence-corrected chi connectivity index (χ3v) is 7.34. The lowest BCUT2D eigenvalue weighted by Gasteiger charge is -2.22. The smallest absolute Gasteiger partial charge is 0.215 e. The molecule has 7 heteroatoms. The van der Waals surface area contributed by atoms with Gasteiger partial charge in [-0.05, 0) is 19.3 Å². The molecule has 4 N–H and O–H groups in total. The van der Waals surface area contributed by atoms with Gasteiger partial charge in [0.25, 0.3) is 0 Å². The third kappa shape index (κ3) is 23.4. The molecule has 20 heavy (non-hydrogen) atoms. The van der Waals surface area contributed by atoms with Crippen LogP contribution in [0.15, 0.2) is 0 Å². The van der Waals surface area contributed by atoms with Crippen molar-refractivity contribution in [1.82, 2.24) is 6.15 Å². The van der Waals surface area contributed by atoms with Crippen molar-refractivity contribution in [3.63, 3.8) is 0 Å². The Bertz CT molecular complexity index is 267. The molecule has 0 unspecified atom stereocenters. The zero-order valence-electron chi connectivity index (χ0n) is 13.6. The van der Waals surface area contributed by atoms with Gasteiger partial charge in [-0.15, -0.1) is 0 Å². The highest BCUT2D eigenvalue weighted by Gasteiger charge is 2.28. The summed E-state index contributed by atoms with van der Waals surface area (Å²) in [5, 5.41) is 0. The molecule has 0 fully saturated rings. The Morgan fingerprint density at radius 2 is 1.10 bits per heavy atom. The van der Waals surface area contributed by atoms with Crippen molar-refractivity contribution in [1.29, 1.82) is 0 Å². The predicted octanol–water partition coefficient (Wildman–Crippen LogP) is 4.20. The number of hydrogen-bond donors (Lipinski definition) is 2. The first-order valence-electron chi connectivity index (χ1n) is 7.20. The molecule has 0 amide bonds. The van der Waals surface area contributed by atoms with Crippen LogP contribution in [-0.4, -0.2) is 42.7 Å². The largest absolute Gasteiger partial charge is 0.726 e. The summed E-state index contributed by atoms with van der Waals surface area (Å²) in [4.78, 5) is 0. The van der Waals surface area contributed by atoms with Gasteiger partial charge in [0, 0.05) is 13.9 Å². The van der Waals surface area contributed by atoms with Gasteiger partial charge in [0.15, 0.2) is 0 Å². The molecule has 0 aromatic carbocycles. The molecule has 0 atom stereocenters. The van der Waals surface area contributed by atoms with Crippen LogP contribution in [0.25, 0.3) is 0 Å². The SMILES string of the molecule is CCCC[P+](C)(CCCC)CCCC.N.O=S(=O)([O-])O. The molecule has 0 saturated heterocycles. The number of unbranched alkanes of at least 4 members (excludes halogenated alkanes) is 3. The minimum absolute atomic E-state index is 0. The number of rotatable bonds is 9. The molecule has 0 rings (SSSR count). The first-order valence-corrected chi connectivity index (χ1v) is 11.4. The first kappa shape index (κ1) is 25.2. The zero-order valence-corrected chi connectivity index (χ0v) is 15.3. The van der Waals surface area contributed by atoms with E-state index < -0.39 is 17.7 Å². The summed E-state index contributed by atoms with van der Waals surface area (Å²) in [7, 11) is -5.44. The van der Waals surface area contributed by atoms with Gasteiger partial charge >= 0.3 is 0 Å². The van der Waals surface area contributed by atoms with Gasteiger partial charge in [-0.25, -0.2) is 8.42 Å². The Morgan fingerprint density at radius 3 is 1.25 bits per heavy atom. The van der Waals surface area contributed by atoms with Crippen molar-refractivity contribution in [2.75, 3.05) is 25.2 Å². The molecule has 0 radical (unpaired) electrons. The van der Waals surface area contributed by atoms with Gasteiger partial charge in [-0.3, -0.25) is 4.55 Å². The van der Waals surface area contributed by atoms with Gasteiger partial charge in [-0.2, -0.15) is 0 Å². The molecule has 0 aromatic heterocycles. The van der Waals surface area contributed by atoms with Gasteiger partial charge in [0.05, 0.1) is 18.5 Å². The second-order valence-electron chi connectivity index (χ2n) is 5.28. The summed E-state index contributed by atoms with van der Waals surface area (Å²) in [5.41, 5.74) is 0. The maximum atomic E-state index is 8.63. The molecule has 0 heterocycles. The van der Waals surface area contributed by atoms with E-state index in [1.165, 1.54) is 38.5 Å². The standard InChI is InChI=1S/C13H30P.H3N.H2O4S/c1-5-8-11-14(4,12-9-6-2)13-10-7-3;;1-5(2,3)4/h5-13H2,1-4H3;1H3;(H2,1,2,3,4)/q+1;;/p-1. The molecular formula is C13H34NO4PS. The molecule has 0 aliphatic heterocycles. The molecule has 5 nitrogen and oxygen atoms in total. The molecule has 0 aliphatic carbocycles. The van der Waals surface area contributed by atoms with E-state index in [9.17, 15) is 0 Å². The quantitative estimate of drug-likeness (QED) is 0.373. The van der Waals surface area contributed by atoms with Crippen LogP contribution in [-0.2, 0) is 10.4 Å². The molecule has 0 bridgehead atoms.